The number of likely N-dealkylation sites (tertiary alicyclic amines) is 1. The minimum atomic E-state index is -1.36. The van der Waals surface area contributed by atoms with E-state index < -0.39 is 59.2 Å². The molecule has 12 heteroatoms. The molecule has 1 saturated heterocycles. The van der Waals surface area contributed by atoms with E-state index in [4.69, 9.17) is 5.73 Å². The molecule has 4 aliphatic rings. The quantitative estimate of drug-likeness (QED) is 0.259. The van der Waals surface area contributed by atoms with Gasteiger partial charge in [-0.15, -0.1) is 0 Å². The molecule has 0 bridgehead atoms. The van der Waals surface area contributed by atoms with Crippen LogP contribution in [0.15, 0.2) is 0 Å². The zero-order valence-corrected chi connectivity index (χ0v) is 24.4. The lowest BCUT2D eigenvalue weighted by atomic mass is 9.81. The number of aliphatic carboxylic acids is 1. The Morgan fingerprint density at radius 1 is 0.854 bits per heavy atom. The number of hydrogen-bond donors (Lipinski definition) is 5. The number of amides is 5. The zero-order valence-electron chi connectivity index (χ0n) is 24.4. The van der Waals surface area contributed by atoms with Gasteiger partial charge < -0.3 is 31.7 Å². The molecule has 0 aromatic rings. The second-order valence-electron chi connectivity index (χ2n) is 12.3. The lowest BCUT2D eigenvalue weighted by Crippen LogP contribution is -2.62. The average Bonchev–Trinajstić information content (AvgIpc) is 3.57. The molecule has 41 heavy (non-hydrogen) atoms. The molecule has 1 aliphatic heterocycles. The molecule has 3 atom stereocenters. The van der Waals surface area contributed by atoms with Crippen molar-refractivity contribution in [1.29, 1.82) is 0 Å². The Hall–Kier alpha value is -3.18. The predicted octanol–water partition coefficient (Wildman–Crippen LogP) is 1.99. The molecule has 0 aromatic carbocycles. The van der Waals surface area contributed by atoms with Crippen LogP contribution in [0, 0.1) is 11.8 Å². The third kappa shape index (κ3) is 8.90. The first-order valence-electron chi connectivity index (χ1n) is 15.2. The first-order chi connectivity index (χ1) is 19.4. The Morgan fingerprint density at radius 3 is 1.98 bits per heavy atom. The molecule has 3 unspecified atom stereocenters. The van der Waals surface area contributed by atoms with Crippen molar-refractivity contribution in [2.45, 2.75) is 127 Å². The van der Waals surface area contributed by atoms with E-state index in [1.165, 1.54) is 24.7 Å². The number of nitrogens with zero attached hydrogens (tertiary/aromatic N) is 1. The van der Waals surface area contributed by atoms with Crippen LogP contribution in [-0.2, 0) is 24.0 Å². The highest BCUT2D eigenvalue weighted by Crippen LogP contribution is 2.31. The van der Waals surface area contributed by atoms with Gasteiger partial charge in [0, 0.05) is 6.54 Å². The normalized spacial score (nSPS) is 23.7. The van der Waals surface area contributed by atoms with E-state index in [-0.39, 0.29) is 5.92 Å². The molecule has 1 heterocycles. The summed E-state index contributed by atoms with van der Waals surface area (Å²) < 4.78 is 0. The third-order valence-corrected chi connectivity index (χ3v) is 8.84. The Labute approximate surface area is 241 Å². The number of hydrogen-bond acceptors (Lipinski definition) is 6. The van der Waals surface area contributed by atoms with Gasteiger partial charge in [0.25, 0.3) is 5.91 Å². The van der Waals surface area contributed by atoms with Gasteiger partial charge in [0.15, 0.2) is 0 Å². The number of primary amides is 1. The van der Waals surface area contributed by atoms with E-state index in [0.29, 0.717) is 45.1 Å². The summed E-state index contributed by atoms with van der Waals surface area (Å²) in [4.78, 5) is 76.2. The largest absolute Gasteiger partial charge is 0.480 e. The summed E-state index contributed by atoms with van der Waals surface area (Å²) >= 11 is 0. The first kappa shape index (κ1) is 32.3. The van der Waals surface area contributed by atoms with Crippen LogP contribution in [0.1, 0.15) is 104 Å². The molecule has 230 valence electrons. The van der Waals surface area contributed by atoms with E-state index in [1.54, 1.807) is 0 Å². The molecule has 5 amide bonds. The van der Waals surface area contributed by atoms with Crippen LogP contribution >= 0.6 is 0 Å². The first-order valence-corrected chi connectivity index (χ1v) is 15.2. The number of ketones is 1. The van der Waals surface area contributed by atoms with Gasteiger partial charge in [0.1, 0.15) is 17.6 Å². The van der Waals surface area contributed by atoms with E-state index in [1.807, 2.05) is 0 Å². The number of carbonyl (C=O) groups excluding carboxylic acids is 5. The number of nitrogens with two attached hydrogens (primary N) is 1. The van der Waals surface area contributed by atoms with Crippen LogP contribution in [-0.4, -0.2) is 75.7 Å². The molecule has 12 nitrogen and oxygen atoms in total. The van der Waals surface area contributed by atoms with Crippen LogP contribution in [0.2, 0.25) is 0 Å². The standard InChI is InChI=1S/C25H39N5O7.C4H8/c1-15(19(31)20(26)32)27-21(33)17-11-8-14-30(17)22(34)18(16-9-4-2-5-10-16)28-24(37)29-25(23(35)36)12-6-3-7-13-25;1-4-2-3-4/h15-18H,2-14H2,1H3,(H2,26,32)(H,27,33)(H,35,36)(H2,28,29,37);4H,2-3H2,1H3. The Morgan fingerprint density at radius 2 is 1.44 bits per heavy atom. The summed E-state index contributed by atoms with van der Waals surface area (Å²) in [5.74, 6) is -3.19. The maximum atomic E-state index is 13.8. The van der Waals surface area contributed by atoms with Gasteiger partial charge in [-0.3, -0.25) is 19.2 Å². The summed E-state index contributed by atoms with van der Waals surface area (Å²) in [5.41, 5.74) is 3.66. The van der Waals surface area contributed by atoms with E-state index >= 15 is 0 Å². The number of carbonyl (C=O) groups is 6. The smallest absolute Gasteiger partial charge is 0.329 e. The minimum Gasteiger partial charge on any atom is -0.480 e. The Kier molecular flexibility index (Phi) is 11.5. The number of carboxylic acid groups (broad SMARTS) is 1. The number of rotatable bonds is 9. The predicted molar refractivity (Wildman–Crippen MR) is 150 cm³/mol. The van der Waals surface area contributed by atoms with Crippen LogP contribution in [0.4, 0.5) is 4.79 Å². The fraction of sp³-hybridized carbons (Fsp3) is 0.793. The summed E-state index contributed by atoms with van der Waals surface area (Å²) in [6.07, 6.45) is 11.2. The maximum absolute atomic E-state index is 13.8. The lowest BCUT2D eigenvalue weighted by Gasteiger charge is -2.37. The highest BCUT2D eigenvalue weighted by molar-refractivity contribution is 6.37. The number of nitrogens with one attached hydrogen (secondary N) is 3. The summed E-state index contributed by atoms with van der Waals surface area (Å²) in [6.45, 7) is 3.94. The van der Waals surface area contributed by atoms with Crippen molar-refractivity contribution in [2.75, 3.05) is 6.54 Å². The van der Waals surface area contributed by atoms with Crippen LogP contribution < -0.4 is 21.7 Å². The molecule has 0 spiro atoms. The molecular weight excluding hydrogens is 530 g/mol. The van der Waals surface area contributed by atoms with Gasteiger partial charge in [-0.1, -0.05) is 58.3 Å². The molecule has 3 aliphatic carbocycles. The molecule has 4 fully saturated rings. The van der Waals surface area contributed by atoms with Crippen molar-refractivity contribution in [3.05, 3.63) is 0 Å². The fourth-order valence-electron chi connectivity index (χ4n) is 6.03. The van der Waals surface area contributed by atoms with Crippen molar-refractivity contribution in [3.8, 4) is 0 Å². The Balaban J connectivity index is 0.00000106. The van der Waals surface area contributed by atoms with Crippen molar-refractivity contribution >= 4 is 35.5 Å². The second-order valence-corrected chi connectivity index (χ2v) is 12.3. The van der Waals surface area contributed by atoms with Crippen molar-refractivity contribution < 1.29 is 33.9 Å². The summed E-state index contributed by atoms with van der Waals surface area (Å²) in [7, 11) is 0. The van der Waals surface area contributed by atoms with Crippen molar-refractivity contribution in [3.63, 3.8) is 0 Å². The van der Waals surface area contributed by atoms with Crippen molar-refractivity contribution in [2.24, 2.45) is 17.6 Å². The van der Waals surface area contributed by atoms with Gasteiger partial charge in [0.05, 0.1) is 6.04 Å². The molecule has 0 aromatic heterocycles. The average molecular weight is 578 g/mol. The highest BCUT2D eigenvalue weighted by atomic mass is 16.4. The van der Waals surface area contributed by atoms with Crippen LogP contribution in [0.25, 0.3) is 0 Å². The number of urea groups is 1. The molecule has 4 rings (SSSR count). The van der Waals surface area contributed by atoms with Gasteiger partial charge in [-0.25, -0.2) is 9.59 Å². The molecule has 6 N–H and O–H groups in total. The van der Waals surface area contributed by atoms with Gasteiger partial charge in [-0.2, -0.15) is 0 Å². The van der Waals surface area contributed by atoms with E-state index in [2.05, 4.69) is 22.9 Å². The molecule has 0 radical (unpaired) electrons. The molecular formula is C29H47N5O7. The molecule has 3 saturated carbocycles. The second kappa shape index (κ2) is 14.6. The van der Waals surface area contributed by atoms with E-state index in [0.717, 1.165) is 44.4 Å². The number of carboxylic acids is 1. The summed E-state index contributed by atoms with van der Waals surface area (Å²) in [6, 6.07) is -3.58. The topological polar surface area (TPSA) is 188 Å². The van der Waals surface area contributed by atoms with E-state index in [9.17, 15) is 33.9 Å². The third-order valence-electron chi connectivity index (χ3n) is 8.84. The lowest BCUT2D eigenvalue weighted by molar-refractivity contribution is -0.145. The maximum Gasteiger partial charge on any atom is 0.329 e. The monoisotopic (exact) mass is 577 g/mol. The zero-order chi connectivity index (χ0) is 30.2. The van der Waals surface area contributed by atoms with Gasteiger partial charge in [-0.05, 0) is 57.3 Å². The minimum absolute atomic E-state index is 0.140. The number of Topliss-reactive ketones (excluding diaryl/α,β-unsaturated/α-hetero) is 1. The van der Waals surface area contributed by atoms with Crippen LogP contribution in [0.5, 0.6) is 0 Å². The highest BCUT2D eigenvalue weighted by Gasteiger charge is 2.44. The van der Waals surface area contributed by atoms with Gasteiger partial charge >= 0.3 is 12.0 Å². The fourth-order valence-corrected chi connectivity index (χ4v) is 6.03. The summed E-state index contributed by atoms with van der Waals surface area (Å²) in [5, 5.41) is 17.7. The van der Waals surface area contributed by atoms with Gasteiger partial charge in [0.2, 0.25) is 17.6 Å². The van der Waals surface area contributed by atoms with Crippen molar-refractivity contribution in [1.82, 2.24) is 20.9 Å². The SMILES string of the molecule is CC(NC(=O)C1CCCN1C(=O)C(NC(=O)NC1(C(=O)O)CCCCC1)C1CCCCC1)C(=O)C(N)=O.CC1CC1. The Bertz CT molecular complexity index is 986. The van der Waals surface area contributed by atoms with Crippen LogP contribution in [0.3, 0.4) is 0 Å².